The molecule has 1 amide bonds. The molecule has 1 unspecified atom stereocenters. The number of anilines is 1. The Balaban J connectivity index is 1.28. The van der Waals surface area contributed by atoms with Crippen LogP contribution in [0, 0.1) is 5.41 Å². The summed E-state index contributed by atoms with van der Waals surface area (Å²) in [6.45, 7) is 10.4. The van der Waals surface area contributed by atoms with Gasteiger partial charge in [0, 0.05) is 61.8 Å². The molecule has 1 spiro atoms. The monoisotopic (exact) mass is 673 g/mol. The molecule has 2 aliphatic rings. The SMILES string of the molecule is CCc1cnccc1CNC(=O)c1cccc(NCc2nnc(C3CCNC4(CCCCCCCCC4)N3)n2CCNCC(C)(C)CO)c1. The van der Waals surface area contributed by atoms with Crippen LogP contribution in [0.15, 0.2) is 42.7 Å². The van der Waals surface area contributed by atoms with E-state index < -0.39 is 0 Å². The van der Waals surface area contributed by atoms with Gasteiger partial charge in [-0.05, 0) is 67.6 Å². The van der Waals surface area contributed by atoms with Crippen molar-refractivity contribution in [3.05, 3.63) is 71.1 Å². The van der Waals surface area contributed by atoms with Crippen LogP contribution < -0.4 is 26.6 Å². The third-order valence-electron chi connectivity index (χ3n) is 10.2. The highest BCUT2D eigenvalue weighted by molar-refractivity contribution is 5.95. The van der Waals surface area contributed by atoms with E-state index in [9.17, 15) is 9.90 Å². The molecule has 1 aliphatic carbocycles. The van der Waals surface area contributed by atoms with Gasteiger partial charge in [-0.25, -0.2) is 0 Å². The number of hydrogen-bond acceptors (Lipinski definition) is 9. The molecule has 268 valence electrons. The molecule has 1 saturated heterocycles. The molecular formula is C38H59N9O2. The van der Waals surface area contributed by atoms with Crippen molar-refractivity contribution in [1.29, 1.82) is 0 Å². The second-order valence-electron chi connectivity index (χ2n) is 14.7. The van der Waals surface area contributed by atoms with Gasteiger partial charge < -0.3 is 25.6 Å². The molecule has 3 aromatic rings. The zero-order chi connectivity index (χ0) is 34.5. The minimum Gasteiger partial charge on any atom is -0.396 e. The van der Waals surface area contributed by atoms with Crippen LogP contribution >= 0.6 is 0 Å². The molecule has 5 rings (SSSR count). The third kappa shape index (κ3) is 10.6. The Morgan fingerprint density at radius 1 is 1.04 bits per heavy atom. The van der Waals surface area contributed by atoms with Gasteiger partial charge >= 0.3 is 0 Å². The van der Waals surface area contributed by atoms with Crippen LogP contribution in [0.5, 0.6) is 0 Å². The molecule has 11 heteroatoms. The van der Waals surface area contributed by atoms with Crippen LogP contribution in [-0.2, 0) is 26.1 Å². The lowest BCUT2D eigenvalue weighted by atomic mass is 9.89. The molecule has 1 aliphatic heterocycles. The van der Waals surface area contributed by atoms with Crippen LogP contribution in [0.25, 0.3) is 0 Å². The first-order chi connectivity index (χ1) is 23.8. The molecule has 2 fully saturated rings. The molecule has 0 bridgehead atoms. The lowest BCUT2D eigenvalue weighted by molar-refractivity contribution is 0.0951. The predicted molar refractivity (Wildman–Crippen MR) is 195 cm³/mol. The molecular weight excluding hydrogens is 614 g/mol. The number of aromatic nitrogens is 4. The summed E-state index contributed by atoms with van der Waals surface area (Å²) in [7, 11) is 0. The number of aryl methyl sites for hydroxylation is 1. The first-order valence-corrected chi connectivity index (χ1v) is 18.6. The van der Waals surface area contributed by atoms with Gasteiger partial charge in [-0.2, -0.15) is 0 Å². The van der Waals surface area contributed by atoms with E-state index in [1.807, 2.05) is 36.5 Å². The number of aliphatic hydroxyl groups excluding tert-OH is 1. The van der Waals surface area contributed by atoms with Gasteiger partial charge in [0.1, 0.15) is 5.82 Å². The molecule has 11 nitrogen and oxygen atoms in total. The van der Waals surface area contributed by atoms with Crippen molar-refractivity contribution >= 4 is 11.6 Å². The maximum absolute atomic E-state index is 13.1. The van der Waals surface area contributed by atoms with Gasteiger partial charge in [-0.3, -0.25) is 20.4 Å². The number of pyridine rings is 1. The highest BCUT2D eigenvalue weighted by atomic mass is 16.3. The smallest absolute Gasteiger partial charge is 0.251 e. The normalized spacial score (nSPS) is 18.7. The minimum atomic E-state index is -0.187. The van der Waals surface area contributed by atoms with E-state index in [-0.39, 0.29) is 29.6 Å². The number of aliphatic hydroxyl groups is 1. The quantitative estimate of drug-likeness (QED) is 0.127. The average molecular weight is 674 g/mol. The van der Waals surface area contributed by atoms with Gasteiger partial charge in [0.15, 0.2) is 5.82 Å². The van der Waals surface area contributed by atoms with E-state index in [2.05, 4.69) is 56.9 Å². The number of carbonyl (C=O) groups is 1. The fourth-order valence-corrected chi connectivity index (χ4v) is 7.12. The second kappa shape index (κ2) is 18.0. The van der Waals surface area contributed by atoms with Gasteiger partial charge in [0.25, 0.3) is 5.91 Å². The van der Waals surface area contributed by atoms with E-state index in [1.165, 1.54) is 44.9 Å². The maximum atomic E-state index is 13.1. The number of rotatable bonds is 14. The Labute approximate surface area is 292 Å². The van der Waals surface area contributed by atoms with Crippen molar-refractivity contribution in [2.45, 2.75) is 123 Å². The lowest BCUT2D eigenvalue weighted by Gasteiger charge is -2.44. The standard InChI is InChI=1S/C38H59N9O2/c1-4-29-24-39-19-15-31(29)25-42-36(49)30-13-12-14-32(23-30)41-26-34-45-46-35(47(34)22-21-40-27-37(2,3)28-48)33-16-20-43-38(44-33)17-10-8-6-5-7-9-11-18-38/h12-15,19,23-24,33,40-41,43-44,48H,4-11,16-18,20-22,25-28H2,1-3H3,(H,42,49). The molecule has 1 atom stereocenters. The summed E-state index contributed by atoms with van der Waals surface area (Å²) >= 11 is 0. The Bertz CT molecular complexity index is 1460. The Morgan fingerprint density at radius 3 is 2.57 bits per heavy atom. The summed E-state index contributed by atoms with van der Waals surface area (Å²) in [5.74, 6) is 1.73. The summed E-state index contributed by atoms with van der Waals surface area (Å²) < 4.78 is 2.26. The highest BCUT2D eigenvalue weighted by Crippen LogP contribution is 2.31. The van der Waals surface area contributed by atoms with Crippen LogP contribution in [0.2, 0.25) is 0 Å². The molecule has 2 aromatic heterocycles. The van der Waals surface area contributed by atoms with E-state index >= 15 is 0 Å². The summed E-state index contributed by atoms with van der Waals surface area (Å²) in [6.07, 6.45) is 16.8. The van der Waals surface area contributed by atoms with E-state index in [4.69, 9.17) is 10.2 Å². The number of nitrogens with one attached hydrogen (secondary N) is 5. The summed E-state index contributed by atoms with van der Waals surface area (Å²) in [5.41, 5.74) is 3.43. The number of benzene rings is 1. The molecule has 3 heterocycles. The number of nitrogens with zero attached hydrogens (tertiary/aromatic N) is 4. The van der Waals surface area contributed by atoms with Crippen LogP contribution in [0.3, 0.4) is 0 Å². The molecule has 1 saturated carbocycles. The highest BCUT2D eigenvalue weighted by Gasteiger charge is 2.37. The molecule has 6 N–H and O–H groups in total. The number of carbonyl (C=O) groups excluding carboxylic acids is 1. The second-order valence-corrected chi connectivity index (χ2v) is 14.7. The van der Waals surface area contributed by atoms with E-state index in [0.29, 0.717) is 18.7 Å². The Kier molecular flexibility index (Phi) is 13.6. The predicted octanol–water partition coefficient (Wildman–Crippen LogP) is 5.23. The van der Waals surface area contributed by atoms with Crippen LogP contribution in [0.4, 0.5) is 5.69 Å². The van der Waals surface area contributed by atoms with Crippen molar-refractivity contribution in [2.75, 3.05) is 31.6 Å². The molecule has 1 aromatic carbocycles. The first kappa shape index (κ1) is 36.9. The maximum Gasteiger partial charge on any atom is 0.251 e. The van der Waals surface area contributed by atoms with Crippen molar-refractivity contribution in [3.8, 4) is 0 Å². The van der Waals surface area contributed by atoms with Crippen molar-refractivity contribution in [2.24, 2.45) is 5.41 Å². The Morgan fingerprint density at radius 2 is 1.82 bits per heavy atom. The summed E-state index contributed by atoms with van der Waals surface area (Å²) in [6, 6.07) is 9.68. The van der Waals surface area contributed by atoms with Gasteiger partial charge in [0.05, 0.1) is 18.2 Å². The van der Waals surface area contributed by atoms with E-state index in [0.717, 1.165) is 80.3 Å². The topological polar surface area (TPSA) is 141 Å². The first-order valence-electron chi connectivity index (χ1n) is 18.6. The Hall–Kier alpha value is -3.38. The third-order valence-corrected chi connectivity index (χ3v) is 10.2. The van der Waals surface area contributed by atoms with Crippen LogP contribution in [0.1, 0.15) is 124 Å². The van der Waals surface area contributed by atoms with Gasteiger partial charge in [0.2, 0.25) is 0 Å². The zero-order valence-corrected chi connectivity index (χ0v) is 30.0. The molecule has 49 heavy (non-hydrogen) atoms. The zero-order valence-electron chi connectivity index (χ0n) is 30.0. The van der Waals surface area contributed by atoms with Gasteiger partial charge in [-0.15, -0.1) is 10.2 Å². The van der Waals surface area contributed by atoms with Crippen molar-refractivity contribution in [3.63, 3.8) is 0 Å². The summed E-state index contributed by atoms with van der Waals surface area (Å²) in [5, 5.41) is 37.3. The average Bonchev–Trinajstić information content (AvgIpc) is 3.54. The number of amides is 1. The summed E-state index contributed by atoms with van der Waals surface area (Å²) in [4.78, 5) is 17.3. The lowest BCUT2D eigenvalue weighted by Crippen LogP contribution is -2.62. The van der Waals surface area contributed by atoms with Crippen molar-refractivity contribution < 1.29 is 9.90 Å². The molecule has 0 radical (unpaired) electrons. The largest absolute Gasteiger partial charge is 0.396 e. The van der Waals surface area contributed by atoms with Crippen LogP contribution in [-0.4, -0.2) is 62.7 Å². The fraction of sp³-hybridized carbons (Fsp3) is 0.632. The minimum absolute atomic E-state index is 0.0601. The fourth-order valence-electron chi connectivity index (χ4n) is 7.12. The van der Waals surface area contributed by atoms with Crippen molar-refractivity contribution in [1.82, 2.24) is 41.0 Å². The van der Waals surface area contributed by atoms with E-state index in [1.54, 1.807) is 6.20 Å². The van der Waals surface area contributed by atoms with Gasteiger partial charge in [-0.1, -0.05) is 71.8 Å². The number of hydrogen-bond donors (Lipinski definition) is 6.